The number of nitrogens with two attached hydrogens (primary N) is 1. The van der Waals surface area contributed by atoms with Crippen LogP contribution in [0.3, 0.4) is 0 Å². The van der Waals surface area contributed by atoms with Crippen LogP contribution in [0.2, 0.25) is 0 Å². The molecule has 130 valence electrons. The number of carbonyl (C=O) groups is 1. The van der Waals surface area contributed by atoms with Crippen LogP contribution in [0.4, 0.5) is 4.39 Å². The Balaban J connectivity index is 2.20. The topological polar surface area (TPSA) is 116 Å². The second-order valence-electron chi connectivity index (χ2n) is 5.54. The van der Waals surface area contributed by atoms with E-state index in [1.807, 2.05) is 0 Å². The maximum Gasteiger partial charge on any atom is 0.243 e. The molecule has 0 spiro atoms. The van der Waals surface area contributed by atoms with Crippen LogP contribution in [-0.4, -0.2) is 44.8 Å². The lowest BCUT2D eigenvalue weighted by atomic mass is 9.99. The lowest BCUT2D eigenvalue weighted by molar-refractivity contribution is -0.126. The van der Waals surface area contributed by atoms with E-state index in [9.17, 15) is 17.6 Å². The number of nitrogens with zero attached hydrogens (tertiary/aromatic N) is 2. The van der Waals surface area contributed by atoms with Crippen molar-refractivity contribution in [3.05, 3.63) is 29.6 Å². The Hall–Kier alpha value is -2.02. The molecule has 0 aromatic heterocycles. The fourth-order valence-electron chi connectivity index (χ4n) is 2.61. The summed E-state index contributed by atoms with van der Waals surface area (Å²) < 4.78 is 40.0. The molecule has 7 nitrogen and oxygen atoms in total. The van der Waals surface area contributed by atoms with Crippen LogP contribution >= 0.6 is 0 Å². The quantitative estimate of drug-likeness (QED) is 0.782. The Morgan fingerprint density at radius 2 is 2.25 bits per heavy atom. The van der Waals surface area contributed by atoms with Gasteiger partial charge in [0.05, 0.1) is 16.4 Å². The van der Waals surface area contributed by atoms with Crippen molar-refractivity contribution in [1.82, 2.24) is 9.62 Å². The molecule has 24 heavy (non-hydrogen) atoms. The van der Waals surface area contributed by atoms with Gasteiger partial charge >= 0.3 is 0 Å². The molecule has 1 saturated heterocycles. The standard InChI is InChI=1S/C15H19FN4O3S/c16-14-4-3-13(8-12(14)9-18)24(22,23)20-7-1-2-11(10-20)15(21)19-6-5-17/h3-4,8,11H,1-2,5-7,10,17H2,(H,19,21). The van der Waals surface area contributed by atoms with Gasteiger partial charge in [0.25, 0.3) is 0 Å². The summed E-state index contributed by atoms with van der Waals surface area (Å²) in [5.74, 6) is -1.44. The molecular formula is C15H19FN4O3S. The molecule has 1 unspecified atom stereocenters. The van der Waals surface area contributed by atoms with Crippen LogP contribution in [0, 0.1) is 23.1 Å². The Kier molecular flexibility index (Phi) is 5.88. The van der Waals surface area contributed by atoms with Gasteiger partial charge in [0.2, 0.25) is 15.9 Å². The first-order valence-electron chi connectivity index (χ1n) is 7.57. The number of hydrogen-bond acceptors (Lipinski definition) is 5. The summed E-state index contributed by atoms with van der Waals surface area (Å²) in [6.07, 6.45) is 1.14. The monoisotopic (exact) mass is 354 g/mol. The first-order valence-corrected chi connectivity index (χ1v) is 9.01. The van der Waals surface area contributed by atoms with Crippen molar-refractivity contribution >= 4 is 15.9 Å². The van der Waals surface area contributed by atoms with Gasteiger partial charge in [-0.2, -0.15) is 9.57 Å². The van der Waals surface area contributed by atoms with Crippen molar-refractivity contribution < 1.29 is 17.6 Å². The molecule has 1 aliphatic rings. The van der Waals surface area contributed by atoms with Gasteiger partial charge in [-0.3, -0.25) is 4.79 Å². The van der Waals surface area contributed by atoms with Gasteiger partial charge in [-0.15, -0.1) is 0 Å². The van der Waals surface area contributed by atoms with Crippen LogP contribution < -0.4 is 11.1 Å². The van der Waals surface area contributed by atoms with E-state index in [0.717, 1.165) is 18.2 Å². The number of halogens is 1. The smallest absolute Gasteiger partial charge is 0.243 e. The minimum Gasteiger partial charge on any atom is -0.355 e. The van der Waals surface area contributed by atoms with E-state index in [4.69, 9.17) is 11.0 Å². The molecule has 3 N–H and O–H groups in total. The number of amides is 1. The molecule has 2 rings (SSSR count). The van der Waals surface area contributed by atoms with Crippen LogP contribution in [-0.2, 0) is 14.8 Å². The van der Waals surface area contributed by atoms with Gasteiger partial charge in [0, 0.05) is 26.2 Å². The summed E-state index contributed by atoms with van der Waals surface area (Å²) in [7, 11) is -3.89. The van der Waals surface area contributed by atoms with E-state index >= 15 is 0 Å². The molecule has 1 aromatic rings. The van der Waals surface area contributed by atoms with E-state index in [1.165, 1.54) is 4.31 Å². The Bertz CT molecular complexity index is 760. The first-order chi connectivity index (χ1) is 11.4. The van der Waals surface area contributed by atoms with Crippen molar-refractivity contribution in [1.29, 1.82) is 5.26 Å². The molecule has 0 saturated carbocycles. The number of sulfonamides is 1. The fraction of sp³-hybridized carbons (Fsp3) is 0.467. The molecule has 1 atom stereocenters. The minimum absolute atomic E-state index is 0.0536. The molecule has 0 bridgehead atoms. The lowest BCUT2D eigenvalue weighted by Crippen LogP contribution is -2.46. The molecule has 1 heterocycles. The van der Waals surface area contributed by atoms with E-state index in [1.54, 1.807) is 6.07 Å². The predicted molar refractivity (Wildman–Crippen MR) is 84.7 cm³/mol. The highest BCUT2D eigenvalue weighted by atomic mass is 32.2. The maximum atomic E-state index is 13.4. The van der Waals surface area contributed by atoms with Gasteiger partial charge in [0.1, 0.15) is 11.9 Å². The molecule has 1 fully saturated rings. The van der Waals surface area contributed by atoms with E-state index < -0.39 is 21.8 Å². The number of hydrogen-bond donors (Lipinski definition) is 2. The highest BCUT2D eigenvalue weighted by molar-refractivity contribution is 7.89. The third-order valence-corrected chi connectivity index (χ3v) is 5.76. The highest BCUT2D eigenvalue weighted by Crippen LogP contribution is 2.25. The third-order valence-electron chi connectivity index (χ3n) is 3.89. The van der Waals surface area contributed by atoms with Crippen molar-refractivity contribution in [2.45, 2.75) is 17.7 Å². The van der Waals surface area contributed by atoms with E-state index in [-0.39, 0.29) is 29.5 Å². The van der Waals surface area contributed by atoms with Gasteiger partial charge in [-0.1, -0.05) is 0 Å². The molecule has 0 aliphatic carbocycles. The van der Waals surface area contributed by atoms with Gasteiger partial charge in [-0.05, 0) is 31.0 Å². The number of piperidine rings is 1. The number of benzene rings is 1. The van der Waals surface area contributed by atoms with Gasteiger partial charge in [-0.25, -0.2) is 12.8 Å². The first kappa shape index (κ1) is 18.3. The normalized spacial score (nSPS) is 18.8. The summed E-state index contributed by atoms with van der Waals surface area (Å²) in [6, 6.07) is 4.73. The lowest BCUT2D eigenvalue weighted by Gasteiger charge is -2.31. The van der Waals surface area contributed by atoms with Crippen LogP contribution in [0.1, 0.15) is 18.4 Å². The molecule has 1 amide bonds. The van der Waals surface area contributed by atoms with Crippen molar-refractivity contribution in [2.24, 2.45) is 11.7 Å². The predicted octanol–water partition coefficient (Wildman–Crippen LogP) is 0.173. The Labute approximate surface area is 140 Å². The zero-order valence-electron chi connectivity index (χ0n) is 13.0. The summed E-state index contributed by atoms with van der Waals surface area (Å²) in [6.45, 7) is 0.985. The molecule has 1 aromatic carbocycles. The SMILES string of the molecule is N#Cc1cc(S(=O)(=O)N2CCCC(C(=O)NCCN)C2)ccc1F. The third kappa shape index (κ3) is 3.90. The van der Waals surface area contributed by atoms with Crippen LogP contribution in [0.5, 0.6) is 0 Å². The second kappa shape index (κ2) is 7.70. The van der Waals surface area contributed by atoms with Crippen molar-refractivity contribution in [3.63, 3.8) is 0 Å². The Morgan fingerprint density at radius 3 is 2.92 bits per heavy atom. The van der Waals surface area contributed by atoms with E-state index in [2.05, 4.69) is 5.32 Å². The average Bonchev–Trinajstić information content (AvgIpc) is 2.60. The number of carbonyl (C=O) groups excluding carboxylic acids is 1. The minimum atomic E-state index is -3.89. The van der Waals surface area contributed by atoms with Crippen molar-refractivity contribution in [3.8, 4) is 6.07 Å². The Morgan fingerprint density at radius 1 is 1.50 bits per heavy atom. The number of nitriles is 1. The zero-order chi connectivity index (χ0) is 17.7. The summed E-state index contributed by atoms with van der Waals surface area (Å²) in [5.41, 5.74) is 5.01. The summed E-state index contributed by atoms with van der Waals surface area (Å²) >= 11 is 0. The molecule has 0 radical (unpaired) electrons. The van der Waals surface area contributed by atoms with Gasteiger partial charge < -0.3 is 11.1 Å². The second-order valence-corrected chi connectivity index (χ2v) is 7.47. The zero-order valence-corrected chi connectivity index (χ0v) is 13.9. The highest BCUT2D eigenvalue weighted by Gasteiger charge is 2.33. The van der Waals surface area contributed by atoms with Crippen LogP contribution in [0.25, 0.3) is 0 Å². The maximum absolute atomic E-state index is 13.4. The number of nitrogens with one attached hydrogen (secondary N) is 1. The molecular weight excluding hydrogens is 335 g/mol. The van der Waals surface area contributed by atoms with E-state index in [0.29, 0.717) is 25.9 Å². The van der Waals surface area contributed by atoms with Gasteiger partial charge in [0.15, 0.2) is 0 Å². The summed E-state index contributed by atoms with van der Waals surface area (Å²) in [5, 5.41) is 11.5. The van der Waals surface area contributed by atoms with Crippen LogP contribution in [0.15, 0.2) is 23.1 Å². The largest absolute Gasteiger partial charge is 0.355 e. The number of rotatable bonds is 5. The average molecular weight is 354 g/mol. The molecule has 9 heteroatoms. The molecule has 1 aliphatic heterocycles. The van der Waals surface area contributed by atoms with Crippen molar-refractivity contribution in [2.75, 3.05) is 26.2 Å². The fourth-order valence-corrected chi connectivity index (χ4v) is 4.16. The summed E-state index contributed by atoms with van der Waals surface area (Å²) in [4.78, 5) is 11.9.